The van der Waals surface area contributed by atoms with Gasteiger partial charge in [-0.05, 0) is 58.7 Å². The van der Waals surface area contributed by atoms with Crippen LogP contribution in [-0.2, 0) is 0 Å². The van der Waals surface area contributed by atoms with Gasteiger partial charge in [0.1, 0.15) is 0 Å². The van der Waals surface area contributed by atoms with Gasteiger partial charge in [-0.15, -0.1) is 0 Å². The highest BCUT2D eigenvalue weighted by molar-refractivity contribution is 5.55. The normalized spacial score (nSPS) is 18.5. The second-order valence-corrected chi connectivity index (χ2v) is 8.51. The van der Waals surface area contributed by atoms with Gasteiger partial charge in [0.25, 0.3) is 0 Å². The topological polar surface area (TPSA) is 95.8 Å². The second kappa shape index (κ2) is 10.6. The lowest BCUT2D eigenvalue weighted by atomic mass is 9.77. The number of fused-ring (bicyclic) bond motifs is 1. The lowest BCUT2D eigenvalue weighted by molar-refractivity contribution is 0.0254. The minimum atomic E-state index is -0.985. The second-order valence-electron chi connectivity index (χ2n) is 8.51. The van der Waals surface area contributed by atoms with Crippen LogP contribution in [0.1, 0.15) is 40.4 Å². The van der Waals surface area contributed by atoms with Gasteiger partial charge in [-0.1, -0.05) is 12.1 Å². The van der Waals surface area contributed by atoms with Crippen molar-refractivity contribution >= 4 is 0 Å². The molecule has 0 heterocycles. The van der Waals surface area contributed by atoms with Crippen LogP contribution in [0.2, 0.25) is 0 Å². The van der Waals surface area contributed by atoms with Crippen molar-refractivity contribution < 1.29 is 38.6 Å². The molecule has 0 amide bonds. The molecule has 8 heteroatoms. The monoisotopic (exact) mass is 496 g/mol. The van der Waals surface area contributed by atoms with Crippen LogP contribution >= 0.6 is 0 Å². The van der Waals surface area contributed by atoms with Crippen molar-refractivity contribution in [2.45, 2.75) is 18.1 Å². The molecular weight excluding hydrogens is 464 g/mol. The molecule has 3 atom stereocenters. The fourth-order valence-electron chi connectivity index (χ4n) is 5.10. The Morgan fingerprint density at radius 1 is 0.500 bits per heavy atom. The van der Waals surface area contributed by atoms with Gasteiger partial charge >= 0.3 is 0 Å². The van der Waals surface area contributed by atoms with E-state index >= 15 is 0 Å². The first-order valence-electron chi connectivity index (χ1n) is 11.5. The largest absolute Gasteiger partial charge is 0.493 e. The fraction of sp³-hybridized carbons (Fsp3) is 0.357. The minimum Gasteiger partial charge on any atom is -0.493 e. The Morgan fingerprint density at radius 2 is 0.833 bits per heavy atom. The summed E-state index contributed by atoms with van der Waals surface area (Å²) < 4.78 is 32.8. The maximum atomic E-state index is 11.6. The van der Waals surface area contributed by atoms with Crippen molar-refractivity contribution in [2.24, 2.45) is 5.92 Å². The molecule has 0 saturated carbocycles. The first-order valence-corrected chi connectivity index (χ1v) is 11.5. The van der Waals surface area contributed by atoms with Crippen LogP contribution in [0.3, 0.4) is 0 Å². The molecule has 0 radical (unpaired) electrons. The summed E-state index contributed by atoms with van der Waals surface area (Å²) in [4.78, 5) is 0. The molecule has 192 valence electrons. The molecule has 3 aromatic carbocycles. The van der Waals surface area contributed by atoms with E-state index in [0.717, 1.165) is 11.1 Å². The number of hydrogen-bond donors (Lipinski definition) is 2. The summed E-state index contributed by atoms with van der Waals surface area (Å²) in [5, 5.41) is 23.1. The van der Waals surface area contributed by atoms with Gasteiger partial charge in [0.15, 0.2) is 34.5 Å². The van der Waals surface area contributed by atoms with Crippen LogP contribution < -0.4 is 28.4 Å². The molecule has 1 unspecified atom stereocenters. The summed E-state index contributed by atoms with van der Waals surface area (Å²) in [7, 11) is 9.36. The highest BCUT2D eigenvalue weighted by Crippen LogP contribution is 2.55. The summed E-state index contributed by atoms with van der Waals surface area (Å²) in [6, 6.07) is 14.6. The molecule has 1 aliphatic carbocycles. The molecule has 4 rings (SSSR count). The molecule has 0 aliphatic heterocycles. The minimum absolute atomic E-state index is 0.445. The number of aliphatic hydroxyl groups excluding tert-OH is 2. The average Bonchev–Trinajstić information content (AvgIpc) is 3.16. The number of benzene rings is 3. The molecule has 0 fully saturated rings. The van der Waals surface area contributed by atoms with E-state index in [0.29, 0.717) is 45.6 Å². The zero-order valence-electron chi connectivity index (χ0n) is 21.3. The maximum Gasteiger partial charge on any atom is 0.161 e. The third kappa shape index (κ3) is 4.27. The van der Waals surface area contributed by atoms with Gasteiger partial charge in [-0.25, -0.2) is 0 Å². The van der Waals surface area contributed by atoms with Gasteiger partial charge in [0.05, 0.1) is 54.9 Å². The molecule has 0 spiro atoms. The highest BCUT2D eigenvalue weighted by Gasteiger charge is 2.45. The Bertz CT molecular complexity index is 1130. The first kappa shape index (κ1) is 25.5. The number of hydrogen-bond acceptors (Lipinski definition) is 8. The zero-order valence-corrected chi connectivity index (χ0v) is 21.3. The van der Waals surface area contributed by atoms with Crippen molar-refractivity contribution in [3.63, 3.8) is 0 Å². The summed E-state index contributed by atoms with van der Waals surface area (Å²) in [6.45, 7) is 0. The quantitative estimate of drug-likeness (QED) is 0.454. The Balaban J connectivity index is 1.90. The van der Waals surface area contributed by atoms with Crippen molar-refractivity contribution in [3.05, 3.63) is 70.8 Å². The Kier molecular flexibility index (Phi) is 7.47. The van der Waals surface area contributed by atoms with E-state index in [1.54, 1.807) is 40.6 Å². The molecule has 3 aromatic rings. The summed E-state index contributed by atoms with van der Waals surface area (Å²) >= 11 is 0. The standard InChI is InChI=1S/C28H32O8/c1-31-19-9-7-15(11-21(19)33-3)25(16-8-10-20(32-2)22(12-16)34-4)26-27(29)17-13-23(35-5)24(36-6)14-18(17)28(26)30/h7-14,25-30H,1-6H3/t26?,27-,28+. The lowest BCUT2D eigenvalue weighted by Gasteiger charge is -2.30. The van der Waals surface area contributed by atoms with Crippen LogP contribution in [-0.4, -0.2) is 52.9 Å². The van der Waals surface area contributed by atoms with Crippen molar-refractivity contribution in [3.8, 4) is 34.5 Å². The Labute approximate surface area is 210 Å². The molecular formula is C28H32O8. The molecule has 0 saturated heterocycles. The number of ether oxygens (including phenoxy) is 6. The van der Waals surface area contributed by atoms with E-state index in [4.69, 9.17) is 28.4 Å². The average molecular weight is 497 g/mol. The predicted octanol–water partition coefficient (Wildman–Crippen LogP) is 4.27. The van der Waals surface area contributed by atoms with E-state index in [1.165, 1.54) is 14.2 Å². The summed E-state index contributed by atoms with van der Waals surface area (Å²) in [5.41, 5.74) is 2.84. The number of aliphatic hydroxyl groups is 2. The predicted molar refractivity (Wildman–Crippen MR) is 134 cm³/mol. The zero-order chi connectivity index (χ0) is 26.0. The Morgan fingerprint density at radius 3 is 1.17 bits per heavy atom. The maximum absolute atomic E-state index is 11.6. The van der Waals surface area contributed by atoms with Crippen LogP contribution in [0.25, 0.3) is 0 Å². The number of methoxy groups -OCH3 is 6. The molecule has 1 aliphatic rings. The fourth-order valence-corrected chi connectivity index (χ4v) is 5.10. The summed E-state index contributed by atoms with van der Waals surface area (Å²) in [6.07, 6.45) is -1.97. The van der Waals surface area contributed by atoms with Gasteiger partial charge in [0.2, 0.25) is 0 Å². The van der Waals surface area contributed by atoms with E-state index in [1.807, 2.05) is 36.4 Å². The molecule has 36 heavy (non-hydrogen) atoms. The van der Waals surface area contributed by atoms with Gasteiger partial charge in [0, 0.05) is 11.8 Å². The molecule has 8 nitrogen and oxygen atoms in total. The van der Waals surface area contributed by atoms with Gasteiger partial charge < -0.3 is 38.6 Å². The van der Waals surface area contributed by atoms with Crippen LogP contribution in [0.4, 0.5) is 0 Å². The smallest absolute Gasteiger partial charge is 0.161 e. The van der Waals surface area contributed by atoms with E-state index in [-0.39, 0.29) is 0 Å². The SMILES string of the molecule is COc1ccc(C(c2ccc(OC)c(OC)c2)C2[C@H](O)c3cc(OC)c(OC)cc3[C@@H]2O)cc1OC. The van der Waals surface area contributed by atoms with Crippen molar-refractivity contribution in [1.29, 1.82) is 0 Å². The van der Waals surface area contributed by atoms with Gasteiger partial charge in [-0.3, -0.25) is 0 Å². The van der Waals surface area contributed by atoms with Crippen LogP contribution in [0, 0.1) is 5.92 Å². The van der Waals surface area contributed by atoms with Crippen molar-refractivity contribution in [2.75, 3.05) is 42.7 Å². The lowest BCUT2D eigenvalue weighted by Crippen LogP contribution is -2.22. The third-order valence-electron chi connectivity index (χ3n) is 6.87. The van der Waals surface area contributed by atoms with Crippen LogP contribution in [0.5, 0.6) is 34.5 Å². The third-order valence-corrected chi connectivity index (χ3v) is 6.87. The van der Waals surface area contributed by atoms with E-state index in [9.17, 15) is 10.2 Å². The van der Waals surface area contributed by atoms with E-state index in [2.05, 4.69) is 0 Å². The highest BCUT2D eigenvalue weighted by atomic mass is 16.5. The molecule has 2 N–H and O–H groups in total. The Hall–Kier alpha value is -3.62. The summed E-state index contributed by atoms with van der Waals surface area (Å²) in [5.74, 6) is 2.14. The first-order chi connectivity index (χ1) is 17.4. The molecule has 0 bridgehead atoms. The van der Waals surface area contributed by atoms with Crippen molar-refractivity contribution in [1.82, 2.24) is 0 Å². The van der Waals surface area contributed by atoms with Gasteiger partial charge in [-0.2, -0.15) is 0 Å². The number of rotatable bonds is 9. The van der Waals surface area contributed by atoms with Crippen LogP contribution in [0.15, 0.2) is 48.5 Å². The van der Waals surface area contributed by atoms with E-state index < -0.39 is 24.0 Å². The molecule has 0 aromatic heterocycles.